The Morgan fingerprint density at radius 2 is 1.78 bits per heavy atom. The van der Waals surface area contributed by atoms with Crippen LogP contribution in [-0.2, 0) is 4.79 Å². The van der Waals surface area contributed by atoms with Crippen molar-refractivity contribution < 1.29 is 9.59 Å². The second-order valence-electron chi connectivity index (χ2n) is 7.06. The van der Waals surface area contributed by atoms with Crippen LogP contribution in [-0.4, -0.2) is 55.6 Å². The molecule has 23 heavy (non-hydrogen) atoms. The van der Waals surface area contributed by atoms with Gasteiger partial charge in [0.2, 0.25) is 5.91 Å². The van der Waals surface area contributed by atoms with Gasteiger partial charge in [0.15, 0.2) is 0 Å². The van der Waals surface area contributed by atoms with E-state index in [4.69, 9.17) is 0 Å². The Morgan fingerprint density at radius 3 is 2.57 bits per heavy atom. The van der Waals surface area contributed by atoms with E-state index in [1.807, 2.05) is 0 Å². The lowest BCUT2D eigenvalue weighted by Gasteiger charge is -2.33. The highest BCUT2D eigenvalue weighted by Crippen LogP contribution is 2.26. The molecule has 132 valence electrons. The number of amides is 3. The number of hydrogen-bond acceptors (Lipinski definition) is 4. The lowest BCUT2D eigenvalue weighted by atomic mass is 9.89. The van der Waals surface area contributed by atoms with Crippen LogP contribution in [0.15, 0.2) is 0 Å². The fraction of sp³-hybridized carbons (Fsp3) is 0.875. The summed E-state index contributed by atoms with van der Waals surface area (Å²) in [6.45, 7) is 4.44. The highest BCUT2D eigenvalue weighted by atomic mass is 35.5. The molecule has 0 spiro atoms. The van der Waals surface area contributed by atoms with Crippen molar-refractivity contribution in [2.24, 2.45) is 11.8 Å². The monoisotopic (exact) mass is 344 g/mol. The highest BCUT2D eigenvalue weighted by Gasteiger charge is 2.33. The predicted octanol–water partition coefficient (Wildman–Crippen LogP) is 1.11. The first kappa shape index (κ1) is 18.5. The van der Waals surface area contributed by atoms with Crippen LogP contribution >= 0.6 is 12.4 Å². The molecule has 0 aromatic rings. The lowest BCUT2D eigenvalue weighted by molar-refractivity contribution is -0.121. The molecule has 1 aliphatic carbocycles. The van der Waals surface area contributed by atoms with Gasteiger partial charge in [0.1, 0.15) is 0 Å². The summed E-state index contributed by atoms with van der Waals surface area (Å²) < 4.78 is 0. The number of carbonyl (C=O) groups is 2. The van der Waals surface area contributed by atoms with Crippen LogP contribution in [0.1, 0.15) is 38.5 Å². The Morgan fingerprint density at radius 1 is 1.04 bits per heavy atom. The number of carbonyl (C=O) groups excluding carboxylic acids is 2. The molecule has 3 rings (SSSR count). The van der Waals surface area contributed by atoms with Crippen molar-refractivity contribution in [2.45, 2.75) is 44.6 Å². The summed E-state index contributed by atoms with van der Waals surface area (Å²) in [7, 11) is 0. The Bertz CT molecular complexity index is 415. The molecule has 6 nitrogen and oxygen atoms in total. The zero-order chi connectivity index (χ0) is 15.4. The van der Waals surface area contributed by atoms with E-state index in [-0.39, 0.29) is 30.4 Å². The van der Waals surface area contributed by atoms with Gasteiger partial charge in [0.05, 0.1) is 6.54 Å². The predicted molar refractivity (Wildman–Crippen MR) is 91.7 cm³/mol. The molecule has 7 heteroatoms. The van der Waals surface area contributed by atoms with E-state index in [0.29, 0.717) is 12.5 Å². The molecule has 0 radical (unpaired) electrons. The molecule has 3 N–H and O–H groups in total. The van der Waals surface area contributed by atoms with Crippen molar-refractivity contribution in [3.63, 3.8) is 0 Å². The van der Waals surface area contributed by atoms with Crippen LogP contribution in [0.3, 0.4) is 0 Å². The third kappa shape index (κ3) is 5.33. The molecule has 3 aliphatic rings. The largest absolute Gasteiger partial charge is 0.335 e. The number of hydrogen-bond donors (Lipinski definition) is 3. The molecule has 0 aromatic carbocycles. The van der Waals surface area contributed by atoms with Gasteiger partial charge in [-0.05, 0) is 50.7 Å². The number of nitrogens with zero attached hydrogens (tertiary/aromatic N) is 1. The first-order valence-electron chi connectivity index (χ1n) is 8.74. The van der Waals surface area contributed by atoms with E-state index in [0.717, 1.165) is 51.4 Å². The number of halogens is 1. The lowest BCUT2D eigenvalue weighted by Crippen LogP contribution is -2.50. The van der Waals surface area contributed by atoms with E-state index in [9.17, 15) is 9.59 Å². The zero-order valence-corrected chi connectivity index (χ0v) is 14.5. The molecule has 3 amide bonds. The van der Waals surface area contributed by atoms with Crippen LogP contribution in [0.2, 0.25) is 0 Å². The summed E-state index contributed by atoms with van der Waals surface area (Å²) in [6, 6.07) is -0.0869. The number of likely N-dealkylation sites (tertiary alicyclic amines) is 1. The van der Waals surface area contributed by atoms with Gasteiger partial charge in [-0.1, -0.05) is 19.3 Å². The van der Waals surface area contributed by atoms with Crippen LogP contribution in [0.25, 0.3) is 0 Å². The maximum absolute atomic E-state index is 12.0. The van der Waals surface area contributed by atoms with E-state index in [1.54, 1.807) is 0 Å². The van der Waals surface area contributed by atoms with Gasteiger partial charge in [0.25, 0.3) is 0 Å². The molecule has 2 heterocycles. The number of nitrogens with one attached hydrogen (secondary N) is 3. The summed E-state index contributed by atoms with van der Waals surface area (Å²) in [5.74, 6) is 1.25. The van der Waals surface area contributed by atoms with Gasteiger partial charge in [0, 0.05) is 12.6 Å². The number of imide groups is 1. The summed E-state index contributed by atoms with van der Waals surface area (Å²) in [6.07, 6.45) is 6.81. The van der Waals surface area contributed by atoms with Gasteiger partial charge in [-0.25, -0.2) is 4.79 Å². The number of fused-ring (bicyclic) bond motifs is 1. The molecule has 2 aliphatic heterocycles. The SMILES string of the molecule is Cl.O=C(CN1CCC2CNCC2C1)NC(=O)NC1CCCCC1. The topological polar surface area (TPSA) is 73.5 Å². The van der Waals surface area contributed by atoms with Gasteiger partial charge >= 0.3 is 6.03 Å². The van der Waals surface area contributed by atoms with Crippen molar-refractivity contribution >= 4 is 24.3 Å². The van der Waals surface area contributed by atoms with Crippen molar-refractivity contribution in [3.05, 3.63) is 0 Å². The third-order valence-electron chi connectivity index (χ3n) is 5.35. The molecule has 3 fully saturated rings. The normalized spacial score (nSPS) is 28.5. The van der Waals surface area contributed by atoms with Crippen molar-refractivity contribution in [1.82, 2.24) is 20.9 Å². The minimum atomic E-state index is -0.325. The maximum Gasteiger partial charge on any atom is 0.321 e. The summed E-state index contributed by atoms with van der Waals surface area (Å²) in [5, 5.41) is 8.84. The fourth-order valence-corrected chi connectivity index (χ4v) is 4.09. The van der Waals surface area contributed by atoms with Crippen LogP contribution in [0.4, 0.5) is 4.79 Å². The number of urea groups is 1. The molecule has 0 aromatic heterocycles. The smallest absolute Gasteiger partial charge is 0.321 e. The Kier molecular flexibility index (Phi) is 7.11. The quantitative estimate of drug-likeness (QED) is 0.717. The first-order valence-corrected chi connectivity index (χ1v) is 8.74. The Labute approximate surface area is 144 Å². The number of piperidine rings is 1. The first-order chi connectivity index (χ1) is 10.7. The molecule has 2 unspecified atom stereocenters. The number of rotatable bonds is 3. The molecule has 2 saturated heterocycles. The average Bonchev–Trinajstić information content (AvgIpc) is 2.95. The third-order valence-corrected chi connectivity index (χ3v) is 5.35. The van der Waals surface area contributed by atoms with Gasteiger partial charge in [-0.2, -0.15) is 0 Å². The molecular weight excluding hydrogens is 316 g/mol. The van der Waals surface area contributed by atoms with Gasteiger partial charge < -0.3 is 10.6 Å². The van der Waals surface area contributed by atoms with E-state index >= 15 is 0 Å². The maximum atomic E-state index is 12.0. The zero-order valence-electron chi connectivity index (χ0n) is 13.7. The van der Waals surface area contributed by atoms with Crippen LogP contribution < -0.4 is 16.0 Å². The molecule has 0 bridgehead atoms. The minimum Gasteiger partial charge on any atom is -0.335 e. The van der Waals surface area contributed by atoms with Crippen molar-refractivity contribution in [1.29, 1.82) is 0 Å². The highest BCUT2D eigenvalue weighted by molar-refractivity contribution is 5.95. The summed E-state index contributed by atoms with van der Waals surface area (Å²) in [4.78, 5) is 26.1. The van der Waals surface area contributed by atoms with Crippen LogP contribution in [0.5, 0.6) is 0 Å². The van der Waals surface area contributed by atoms with Crippen LogP contribution in [0, 0.1) is 11.8 Å². The molecule has 1 saturated carbocycles. The molecule has 2 atom stereocenters. The second-order valence-corrected chi connectivity index (χ2v) is 7.06. The second kappa shape index (κ2) is 8.85. The van der Waals surface area contributed by atoms with Crippen molar-refractivity contribution in [3.8, 4) is 0 Å². The van der Waals surface area contributed by atoms with E-state index in [2.05, 4.69) is 20.9 Å². The van der Waals surface area contributed by atoms with Crippen molar-refractivity contribution in [2.75, 3.05) is 32.7 Å². The van der Waals surface area contributed by atoms with E-state index < -0.39 is 0 Å². The van der Waals surface area contributed by atoms with E-state index in [1.165, 1.54) is 19.3 Å². The average molecular weight is 345 g/mol. The summed E-state index contributed by atoms with van der Waals surface area (Å²) in [5.41, 5.74) is 0. The van der Waals surface area contributed by atoms with Gasteiger partial charge in [-0.15, -0.1) is 12.4 Å². The standard InChI is InChI=1S/C16H28N4O2.ClH/c21-15(19-16(22)18-14-4-2-1-3-5-14)11-20-7-6-12-8-17-9-13(12)10-20;/h12-14,17H,1-11H2,(H2,18,19,21,22);1H. The summed E-state index contributed by atoms with van der Waals surface area (Å²) >= 11 is 0. The Hall–Kier alpha value is -0.850. The minimum absolute atomic E-state index is 0. The fourth-order valence-electron chi connectivity index (χ4n) is 4.09. The van der Waals surface area contributed by atoms with Gasteiger partial charge in [-0.3, -0.25) is 15.0 Å². The Balaban J connectivity index is 0.00000192. The molecular formula is C16H29ClN4O2.